The van der Waals surface area contributed by atoms with Crippen molar-refractivity contribution in [1.82, 2.24) is 5.32 Å². The van der Waals surface area contributed by atoms with Gasteiger partial charge in [-0.15, -0.1) is 0 Å². The molecular weight excluding hydrogens is 336 g/mol. The van der Waals surface area contributed by atoms with Crippen LogP contribution in [0.1, 0.15) is 36.5 Å². The van der Waals surface area contributed by atoms with Crippen LogP contribution in [0.2, 0.25) is 0 Å². The quantitative estimate of drug-likeness (QED) is 0.848. The summed E-state index contributed by atoms with van der Waals surface area (Å²) in [5.74, 6) is -0.274. The van der Waals surface area contributed by atoms with Crippen molar-refractivity contribution in [3.05, 3.63) is 65.2 Å². The van der Waals surface area contributed by atoms with E-state index in [0.29, 0.717) is 6.54 Å². The fraction of sp³-hybridized carbons (Fsp3) is 0.391. The minimum atomic E-state index is -0.279. The number of carbonyl (C=O) groups is 2. The minimum absolute atomic E-state index is 0.0183. The lowest BCUT2D eigenvalue weighted by molar-refractivity contribution is -0.126. The molecule has 1 heterocycles. The van der Waals surface area contributed by atoms with Gasteiger partial charge in [0.15, 0.2) is 0 Å². The van der Waals surface area contributed by atoms with Crippen LogP contribution in [-0.4, -0.2) is 24.4 Å². The topological polar surface area (TPSA) is 49.4 Å². The molecule has 0 bridgehead atoms. The van der Waals surface area contributed by atoms with Crippen LogP contribution in [0.3, 0.4) is 0 Å². The van der Waals surface area contributed by atoms with Crippen LogP contribution in [-0.2, 0) is 16.0 Å². The van der Waals surface area contributed by atoms with E-state index >= 15 is 0 Å². The smallest absolute Gasteiger partial charge is 0.227 e. The predicted octanol–water partition coefficient (Wildman–Crippen LogP) is 3.79. The number of anilines is 1. The van der Waals surface area contributed by atoms with E-state index in [1.807, 2.05) is 50.2 Å². The van der Waals surface area contributed by atoms with Crippen molar-refractivity contribution < 1.29 is 9.59 Å². The van der Waals surface area contributed by atoms with E-state index in [-0.39, 0.29) is 30.2 Å². The Kier molecular flexibility index (Phi) is 5.94. The summed E-state index contributed by atoms with van der Waals surface area (Å²) in [5, 5.41) is 3.09. The lowest BCUT2D eigenvalue weighted by atomic mass is 10.0. The highest BCUT2D eigenvalue weighted by atomic mass is 16.2. The molecule has 0 radical (unpaired) electrons. The van der Waals surface area contributed by atoms with Gasteiger partial charge >= 0.3 is 0 Å². The summed E-state index contributed by atoms with van der Waals surface area (Å²) in [6, 6.07) is 16.4. The molecule has 0 aliphatic carbocycles. The highest BCUT2D eigenvalue weighted by Crippen LogP contribution is 2.27. The van der Waals surface area contributed by atoms with Gasteiger partial charge < -0.3 is 10.2 Å². The Balaban J connectivity index is 1.54. The number of aryl methyl sites for hydroxylation is 3. The highest BCUT2D eigenvalue weighted by molar-refractivity contribution is 6.00. The first-order valence-electron chi connectivity index (χ1n) is 9.66. The lowest BCUT2D eigenvalue weighted by Crippen LogP contribution is -2.38. The van der Waals surface area contributed by atoms with Crippen LogP contribution in [0.5, 0.6) is 0 Å². The highest BCUT2D eigenvalue weighted by Gasteiger charge is 2.35. The van der Waals surface area contributed by atoms with Crippen LogP contribution in [0, 0.1) is 19.8 Å². The molecule has 27 heavy (non-hydrogen) atoms. The first-order valence-corrected chi connectivity index (χ1v) is 9.66. The van der Waals surface area contributed by atoms with Crippen LogP contribution < -0.4 is 10.2 Å². The Morgan fingerprint density at radius 1 is 1.15 bits per heavy atom. The number of hydrogen-bond donors (Lipinski definition) is 1. The zero-order valence-corrected chi connectivity index (χ0v) is 16.4. The third kappa shape index (κ3) is 4.76. The summed E-state index contributed by atoms with van der Waals surface area (Å²) in [6.45, 7) is 6.58. The molecule has 1 saturated heterocycles. The van der Waals surface area contributed by atoms with E-state index in [9.17, 15) is 9.59 Å². The van der Waals surface area contributed by atoms with Crippen LogP contribution in [0.25, 0.3) is 0 Å². The van der Waals surface area contributed by atoms with Crippen molar-refractivity contribution in [1.29, 1.82) is 0 Å². The molecule has 3 rings (SSSR count). The third-order valence-corrected chi connectivity index (χ3v) is 5.40. The molecule has 4 nitrogen and oxygen atoms in total. The molecule has 4 heteroatoms. The maximum Gasteiger partial charge on any atom is 0.227 e. The maximum absolute atomic E-state index is 12.6. The summed E-state index contributed by atoms with van der Waals surface area (Å²) >= 11 is 0. The Labute approximate surface area is 161 Å². The molecule has 1 aliphatic rings. The largest absolute Gasteiger partial charge is 0.353 e. The number of nitrogens with one attached hydrogen (secondary N) is 1. The molecule has 0 saturated carbocycles. The van der Waals surface area contributed by atoms with Gasteiger partial charge in [0, 0.05) is 24.7 Å². The average molecular weight is 364 g/mol. The van der Waals surface area contributed by atoms with Gasteiger partial charge in [-0.1, -0.05) is 36.4 Å². The summed E-state index contributed by atoms with van der Waals surface area (Å²) < 4.78 is 0. The lowest BCUT2D eigenvalue weighted by Gasteiger charge is -2.19. The van der Waals surface area contributed by atoms with Gasteiger partial charge in [0.1, 0.15) is 0 Å². The SMILES string of the molecule is Cc1ccc(N2CC(C(=O)NC(C)CCc3ccccc3)CC2=O)cc1C. The Hall–Kier alpha value is -2.62. The molecule has 142 valence electrons. The van der Waals surface area contributed by atoms with E-state index in [1.54, 1.807) is 4.90 Å². The standard InChI is InChI=1S/C23H28N2O2/c1-16-9-12-21(13-17(16)2)25-15-20(14-22(25)26)23(27)24-18(3)10-11-19-7-5-4-6-8-19/h4-9,12-13,18,20H,10-11,14-15H2,1-3H3,(H,24,27). The van der Waals surface area contributed by atoms with Crippen LogP contribution >= 0.6 is 0 Å². The van der Waals surface area contributed by atoms with Crippen LogP contribution in [0.4, 0.5) is 5.69 Å². The van der Waals surface area contributed by atoms with Crippen molar-refractivity contribution in [2.45, 2.75) is 46.1 Å². The maximum atomic E-state index is 12.6. The Bertz CT molecular complexity index is 816. The fourth-order valence-corrected chi connectivity index (χ4v) is 3.49. The molecule has 2 unspecified atom stereocenters. The predicted molar refractivity (Wildman–Crippen MR) is 109 cm³/mol. The molecule has 2 amide bonds. The second-order valence-corrected chi connectivity index (χ2v) is 7.61. The number of rotatable bonds is 6. The molecule has 1 fully saturated rings. The molecule has 1 aliphatic heterocycles. The first-order chi connectivity index (χ1) is 12.9. The van der Waals surface area contributed by atoms with E-state index in [0.717, 1.165) is 24.1 Å². The zero-order valence-electron chi connectivity index (χ0n) is 16.4. The van der Waals surface area contributed by atoms with Gasteiger partial charge in [-0.2, -0.15) is 0 Å². The number of nitrogens with zero attached hydrogens (tertiary/aromatic N) is 1. The monoisotopic (exact) mass is 364 g/mol. The van der Waals surface area contributed by atoms with E-state index in [1.165, 1.54) is 11.1 Å². The molecule has 0 spiro atoms. The average Bonchev–Trinajstić information content (AvgIpc) is 3.05. The van der Waals surface area contributed by atoms with Crippen molar-refractivity contribution >= 4 is 17.5 Å². The fourth-order valence-electron chi connectivity index (χ4n) is 3.49. The summed E-state index contributed by atoms with van der Waals surface area (Å²) in [5.41, 5.74) is 4.51. The van der Waals surface area contributed by atoms with E-state index < -0.39 is 0 Å². The molecule has 2 aromatic rings. The summed E-state index contributed by atoms with van der Waals surface area (Å²) in [6.07, 6.45) is 2.10. The number of amides is 2. The Morgan fingerprint density at radius 2 is 1.89 bits per heavy atom. The second-order valence-electron chi connectivity index (χ2n) is 7.61. The summed E-state index contributed by atoms with van der Waals surface area (Å²) in [7, 11) is 0. The van der Waals surface area contributed by atoms with Crippen molar-refractivity contribution in [3.63, 3.8) is 0 Å². The van der Waals surface area contributed by atoms with Gasteiger partial charge in [0.2, 0.25) is 11.8 Å². The van der Waals surface area contributed by atoms with Crippen molar-refractivity contribution in [2.75, 3.05) is 11.4 Å². The normalized spacial score (nSPS) is 17.8. The molecule has 0 aromatic heterocycles. The van der Waals surface area contributed by atoms with Gasteiger partial charge in [0.25, 0.3) is 0 Å². The first kappa shape index (κ1) is 19.2. The van der Waals surface area contributed by atoms with Crippen molar-refractivity contribution in [3.8, 4) is 0 Å². The van der Waals surface area contributed by atoms with Crippen LogP contribution in [0.15, 0.2) is 48.5 Å². The minimum Gasteiger partial charge on any atom is -0.353 e. The zero-order chi connectivity index (χ0) is 19.4. The van der Waals surface area contributed by atoms with Gasteiger partial charge in [-0.05, 0) is 62.4 Å². The molecular formula is C23H28N2O2. The number of carbonyl (C=O) groups excluding carboxylic acids is 2. The van der Waals surface area contributed by atoms with Gasteiger partial charge in [0.05, 0.1) is 5.92 Å². The van der Waals surface area contributed by atoms with E-state index in [4.69, 9.17) is 0 Å². The summed E-state index contributed by atoms with van der Waals surface area (Å²) in [4.78, 5) is 26.8. The van der Waals surface area contributed by atoms with Crippen molar-refractivity contribution in [2.24, 2.45) is 5.92 Å². The van der Waals surface area contributed by atoms with Gasteiger partial charge in [-0.25, -0.2) is 0 Å². The van der Waals surface area contributed by atoms with E-state index in [2.05, 4.69) is 24.4 Å². The Morgan fingerprint density at radius 3 is 2.59 bits per heavy atom. The molecule has 1 N–H and O–H groups in total. The molecule has 2 atom stereocenters. The number of hydrogen-bond acceptors (Lipinski definition) is 2. The third-order valence-electron chi connectivity index (χ3n) is 5.40. The number of benzene rings is 2. The second kappa shape index (κ2) is 8.38. The molecule has 2 aromatic carbocycles. The van der Waals surface area contributed by atoms with Gasteiger partial charge in [-0.3, -0.25) is 9.59 Å².